The number of carbonyl (C=O) groups excluding carboxylic acids is 1. The summed E-state index contributed by atoms with van der Waals surface area (Å²) in [4.78, 5) is 16.9. The lowest BCUT2D eigenvalue weighted by Crippen LogP contribution is -2.29. The summed E-state index contributed by atoms with van der Waals surface area (Å²) >= 11 is 7.53. The second-order valence-electron chi connectivity index (χ2n) is 5.95. The van der Waals surface area contributed by atoms with Crippen molar-refractivity contribution in [2.45, 2.75) is 18.9 Å². The number of thioether (sulfide) groups is 1. The molecule has 2 aromatic carbocycles. The summed E-state index contributed by atoms with van der Waals surface area (Å²) in [5.41, 5.74) is 6.49. The van der Waals surface area contributed by atoms with Crippen molar-refractivity contribution in [2.75, 3.05) is 11.1 Å². The summed E-state index contributed by atoms with van der Waals surface area (Å²) in [5.74, 6) is -0.145. The van der Waals surface area contributed by atoms with E-state index in [1.54, 1.807) is 36.4 Å². The lowest BCUT2D eigenvalue weighted by atomic mass is 9.89. The largest absolute Gasteiger partial charge is 0.379 e. The van der Waals surface area contributed by atoms with E-state index in [0.717, 1.165) is 17.7 Å². The van der Waals surface area contributed by atoms with Crippen LogP contribution < -0.4 is 11.1 Å². The van der Waals surface area contributed by atoms with Crippen LogP contribution in [-0.4, -0.2) is 16.8 Å². The molecule has 0 aliphatic carbocycles. The molecule has 1 heterocycles. The molecule has 3 N–H and O–H groups in total. The minimum atomic E-state index is -0.535. The first-order valence-corrected chi connectivity index (χ1v) is 9.09. The van der Waals surface area contributed by atoms with Crippen molar-refractivity contribution in [1.29, 1.82) is 0 Å². The molecule has 0 spiro atoms. The van der Waals surface area contributed by atoms with Crippen LogP contribution in [0.3, 0.4) is 0 Å². The van der Waals surface area contributed by atoms with Crippen molar-refractivity contribution in [2.24, 2.45) is 10.7 Å². The van der Waals surface area contributed by atoms with Crippen molar-refractivity contribution in [3.63, 3.8) is 0 Å². The lowest BCUT2D eigenvalue weighted by molar-refractivity contribution is 0.102. The monoisotopic (exact) mass is 377 g/mol. The highest BCUT2D eigenvalue weighted by atomic mass is 35.5. The second-order valence-corrected chi connectivity index (χ2v) is 7.47. The van der Waals surface area contributed by atoms with E-state index in [1.165, 1.54) is 17.8 Å². The van der Waals surface area contributed by atoms with Gasteiger partial charge in [-0.2, -0.15) is 0 Å². The zero-order valence-corrected chi connectivity index (χ0v) is 15.1. The number of halogens is 2. The van der Waals surface area contributed by atoms with Gasteiger partial charge in [-0.1, -0.05) is 41.6 Å². The van der Waals surface area contributed by atoms with Crippen LogP contribution in [0.15, 0.2) is 47.5 Å². The molecule has 0 bridgehead atoms. The molecule has 2 aromatic rings. The lowest BCUT2D eigenvalue weighted by Gasteiger charge is -2.30. The molecule has 7 heteroatoms. The van der Waals surface area contributed by atoms with Crippen molar-refractivity contribution in [1.82, 2.24) is 0 Å². The maximum atomic E-state index is 14.2. The van der Waals surface area contributed by atoms with Gasteiger partial charge in [-0.15, -0.1) is 0 Å². The Morgan fingerprint density at radius 1 is 1.36 bits per heavy atom. The molecule has 25 heavy (non-hydrogen) atoms. The van der Waals surface area contributed by atoms with E-state index in [-0.39, 0.29) is 11.3 Å². The molecule has 1 amide bonds. The number of hydrogen-bond donors (Lipinski definition) is 2. The molecule has 1 unspecified atom stereocenters. The van der Waals surface area contributed by atoms with Crippen LogP contribution in [0, 0.1) is 5.82 Å². The van der Waals surface area contributed by atoms with E-state index in [2.05, 4.69) is 10.3 Å². The van der Waals surface area contributed by atoms with Gasteiger partial charge in [0, 0.05) is 5.75 Å². The Morgan fingerprint density at radius 2 is 2.12 bits per heavy atom. The SMILES string of the molecule is CC1(c2ccc(F)c(NC(=O)c3ccccc3Cl)c2)CCSC(N)=N1. The summed E-state index contributed by atoms with van der Waals surface area (Å²) in [5, 5.41) is 3.42. The number of carbonyl (C=O) groups is 1. The number of hydrogen-bond acceptors (Lipinski definition) is 4. The minimum Gasteiger partial charge on any atom is -0.379 e. The standard InChI is InChI=1S/C18H17ClFN3OS/c1-18(8-9-25-17(21)23-18)11-6-7-14(20)15(10-11)22-16(24)12-4-2-3-5-13(12)19/h2-7,10H,8-9H2,1H3,(H2,21,23)(H,22,24). The van der Waals surface area contributed by atoms with Crippen LogP contribution in [0.4, 0.5) is 10.1 Å². The quantitative estimate of drug-likeness (QED) is 0.833. The summed E-state index contributed by atoms with van der Waals surface area (Å²) in [7, 11) is 0. The number of nitrogens with two attached hydrogens (primary N) is 1. The molecular weight excluding hydrogens is 361 g/mol. The fraction of sp³-hybridized carbons (Fsp3) is 0.222. The Morgan fingerprint density at radius 3 is 2.84 bits per heavy atom. The van der Waals surface area contributed by atoms with Crippen LogP contribution in [-0.2, 0) is 5.54 Å². The number of aliphatic imine (C=N–C) groups is 1. The molecule has 0 saturated carbocycles. The van der Waals surface area contributed by atoms with Gasteiger partial charge in [0.15, 0.2) is 5.17 Å². The van der Waals surface area contributed by atoms with Crippen molar-refractivity contribution in [3.8, 4) is 0 Å². The van der Waals surface area contributed by atoms with Crippen LogP contribution in [0.2, 0.25) is 5.02 Å². The molecule has 4 nitrogen and oxygen atoms in total. The highest BCUT2D eigenvalue weighted by Gasteiger charge is 2.30. The van der Waals surface area contributed by atoms with Crippen LogP contribution in [0.1, 0.15) is 29.3 Å². The topological polar surface area (TPSA) is 67.5 Å². The predicted molar refractivity (Wildman–Crippen MR) is 102 cm³/mol. The first kappa shape index (κ1) is 17.8. The number of rotatable bonds is 3. The third-order valence-corrected chi connectivity index (χ3v) is 5.28. The maximum Gasteiger partial charge on any atom is 0.257 e. The van der Waals surface area contributed by atoms with Gasteiger partial charge in [-0.3, -0.25) is 9.79 Å². The van der Waals surface area contributed by atoms with E-state index in [1.807, 2.05) is 6.92 Å². The fourth-order valence-electron chi connectivity index (χ4n) is 2.69. The van der Waals surface area contributed by atoms with Crippen molar-refractivity contribution >= 4 is 40.1 Å². The molecule has 0 saturated heterocycles. The molecule has 0 fully saturated rings. The molecular formula is C18H17ClFN3OS. The molecule has 130 valence electrons. The molecule has 1 atom stereocenters. The molecule has 0 radical (unpaired) electrons. The molecule has 1 aliphatic rings. The van der Waals surface area contributed by atoms with E-state index < -0.39 is 17.3 Å². The highest BCUT2D eigenvalue weighted by Crippen LogP contribution is 2.36. The Balaban J connectivity index is 1.91. The maximum absolute atomic E-state index is 14.2. The van der Waals surface area contributed by atoms with Gasteiger partial charge in [0.2, 0.25) is 0 Å². The zero-order valence-electron chi connectivity index (χ0n) is 13.6. The number of amidine groups is 1. The first-order valence-electron chi connectivity index (χ1n) is 7.73. The van der Waals surface area contributed by atoms with Crippen LogP contribution in [0.25, 0.3) is 0 Å². The molecule has 0 aromatic heterocycles. The summed E-state index contributed by atoms with van der Waals surface area (Å²) in [6, 6.07) is 11.2. The van der Waals surface area contributed by atoms with Gasteiger partial charge in [0.1, 0.15) is 5.82 Å². The zero-order chi connectivity index (χ0) is 18.0. The fourth-order valence-corrected chi connectivity index (χ4v) is 3.88. The van der Waals surface area contributed by atoms with E-state index in [4.69, 9.17) is 17.3 Å². The Kier molecular flexibility index (Phi) is 5.01. The number of nitrogens with zero attached hydrogens (tertiary/aromatic N) is 1. The number of nitrogens with one attached hydrogen (secondary N) is 1. The Hall–Kier alpha value is -2.05. The number of amides is 1. The van der Waals surface area contributed by atoms with Crippen molar-refractivity contribution in [3.05, 3.63) is 64.4 Å². The molecule has 3 rings (SSSR count). The third kappa shape index (κ3) is 3.80. The smallest absolute Gasteiger partial charge is 0.257 e. The first-order chi connectivity index (χ1) is 11.9. The summed E-state index contributed by atoms with van der Waals surface area (Å²) in [6.07, 6.45) is 0.780. The highest BCUT2D eigenvalue weighted by molar-refractivity contribution is 8.13. The molecule has 1 aliphatic heterocycles. The normalized spacial score (nSPS) is 20.0. The van der Waals surface area contributed by atoms with E-state index in [0.29, 0.717) is 10.2 Å². The van der Waals surface area contributed by atoms with Gasteiger partial charge >= 0.3 is 0 Å². The summed E-state index contributed by atoms with van der Waals surface area (Å²) < 4.78 is 14.2. The van der Waals surface area contributed by atoms with Gasteiger partial charge in [0.05, 0.1) is 21.8 Å². The minimum absolute atomic E-state index is 0.0932. The number of anilines is 1. The van der Waals surface area contributed by atoms with Gasteiger partial charge < -0.3 is 11.1 Å². The predicted octanol–water partition coefficient (Wildman–Crippen LogP) is 4.40. The Bertz CT molecular complexity index is 858. The van der Waals surface area contributed by atoms with E-state index >= 15 is 0 Å². The summed E-state index contributed by atoms with van der Waals surface area (Å²) in [6.45, 7) is 1.95. The van der Waals surface area contributed by atoms with Crippen LogP contribution >= 0.6 is 23.4 Å². The van der Waals surface area contributed by atoms with Gasteiger partial charge in [-0.25, -0.2) is 4.39 Å². The Labute approximate surface area is 154 Å². The number of benzene rings is 2. The van der Waals surface area contributed by atoms with Crippen molar-refractivity contribution < 1.29 is 9.18 Å². The van der Waals surface area contributed by atoms with Gasteiger partial charge in [0.25, 0.3) is 5.91 Å². The van der Waals surface area contributed by atoms with E-state index in [9.17, 15) is 9.18 Å². The van der Waals surface area contributed by atoms with Crippen LogP contribution in [0.5, 0.6) is 0 Å². The van der Waals surface area contributed by atoms with Gasteiger partial charge in [-0.05, 0) is 43.2 Å². The third-order valence-electron chi connectivity index (χ3n) is 4.15. The average molecular weight is 378 g/mol. The second kappa shape index (κ2) is 7.06. The average Bonchev–Trinajstić information content (AvgIpc) is 2.57.